The van der Waals surface area contributed by atoms with Gasteiger partial charge in [-0.25, -0.2) is 9.97 Å². The fourth-order valence-electron chi connectivity index (χ4n) is 1.56. The summed E-state index contributed by atoms with van der Waals surface area (Å²) in [6.45, 7) is 0.383. The van der Waals surface area contributed by atoms with E-state index in [2.05, 4.69) is 20.3 Å². The smallest absolute Gasteiger partial charge is 0.252 e. The van der Waals surface area contributed by atoms with Crippen LogP contribution in [0.1, 0.15) is 5.69 Å². The van der Waals surface area contributed by atoms with Gasteiger partial charge in [0.1, 0.15) is 12.4 Å². The first kappa shape index (κ1) is 11.3. The number of benzene rings is 1. The highest BCUT2D eigenvalue weighted by atomic mass is 16.5. The molecular weight excluding hydrogens is 242 g/mol. The van der Waals surface area contributed by atoms with E-state index in [4.69, 9.17) is 4.74 Å². The van der Waals surface area contributed by atoms with Crippen LogP contribution < -0.4 is 4.74 Å². The van der Waals surface area contributed by atoms with E-state index in [0.29, 0.717) is 12.6 Å². The molecule has 0 N–H and O–H groups in total. The summed E-state index contributed by atoms with van der Waals surface area (Å²) in [4.78, 5) is 8.49. The molecule has 2 aromatic heterocycles. The SMILES string of the molecule is c1ccc(OCc2ccnc(-n3ccnn3)n2)cc1. The van der Waals surface area contributed by atoms with Crippen LogP contribution in [-0.4, -0.2) is 25.0 Å². The van der Waals surface area contributed by atoms with Crippen molar-refractivity contribution in [2.45, 2.75) is 6.61 Å². The molecule has 94 valence electrons. The summed E-state index contributed by atoms with van der Waals surface area (Å²) in [5.41, 5.74) is 0.782. The number of hydrogen-bond acceptors (Lipinski definition) is 5. The van der Waals surface area contributed by atoms with E-state index in [1.165, 1.54) is 4.68 Å². The van der Waals surface area contributed by atoms with Crippen LogP contribution in [0.2, 0.25) is 0 Å². The molecule has 2 heterocycles. The maximum atomic E-state index is 5.63. The molecule has 6 heteroatoms. The van der Waals surface area contributed by atoms with Crippen molar-refractivity contribution in [3.8, 4) is 11.7 Å². The molecule has 0 saturated carbocycles. The highest BCUT2D eigenvalue weighted by molar-refractivity contribution is 5.21. The van der Waals surface area contributed by atoms with Crippen molar-refractivity contribution in [3.05, 3.63) is 60.7 Å². The van der Waals surface area contributed by atoms with E-state index in [0.717, 1.165) is 11.4 Å². The lowest BCUT2D eigenvalue weighted by Gasteiger charge is -2.06. The van der Waals surface area contributed by atoms with Gasteiger partial charge in [0.2, 0.25) is 0 Å². The molecule has 0 spiro atoms. The van der Waals surface area contributed by atoms with E-state index >= 15 is 0 Å². The first-order valence-electron chi connectivity index (χ1n) is 5.78. The number of para-hydroxylation sites is 1. The Labute approximate surface area is 109 Å². The second-order valence-corrected chi connectivity index (χ2v) is 3.80. The molecule has 0 fully saturated rings. The zero-order chi connectivity index (χ0) is 12.9. The number of aromatic nitrogens is 5. The minimum absolute atomic E-state index is 0.383. The fraction of sp³-hybridized carbons (Fsp3) is 0.0769. The van der Waals surface area contributed by atoms with Crippen molar-refractivity contribution >= 4 is 0 Å². The quantitative estimate of drug-likeness (QED) is 0.707. The van der Waals surface area contributed by atoms with Crippen molar-refractivity contribution < 1.29 is 4.74 Å². The van der Waals surface area contributed by atoms with Crippen molar-refractivity contribution in [3.63, 3.8) is 0 Å². The summed E-state index contributed by atoms with van der Waals surface area (Å²) in [7, 11) is 0. The Balaban J connectivity index is 1.74. The summed E-state index contributed by atoms with van der Waals surface area (Å²) < 4.78 is 7.13. The molecule has 0 bridgehead atoms. The predicted octanol–water partition coefficient (Wildman–Crippen LogP) is 1.64. The molecule has 0 saturated heterocycles. The molecule has 19 heavy (non-hydrogen) atoms. The third-order valence-electron chi connectivity index (χ3n) is 2.46. The summed E-state index contributed by atoms with van der Waals surface area (Å²) in [5, 5.41) is 7.57. The van der Waals surface area contributed by atoms with Crippen LogP contribution in [-0.2, 0) is 6.61 Å². The van der Waals surface area contributed by atoms with Gasteiger partial charge in [-0.15, -0.1) is 5.10 Å². The lowest BCUT2D eigenvalue weighted by molar-refractivity contribution is 0.301. The normalized spacial score (nSPS) is 10.3. The summed E-state index contributed by atoms with van der Waals surface area (Å²) in [6, 6.07) is 11.4. The molecule has 0 radical (unpaired) electrons. The maximum Gasteiger partial charge on any atom is 0.252 e. The second-order valence-electron chi connectivity index (χ2n) is 3.80. The number of ether oxygens (including phenoxy) is 1. The van der Waals surface area contributed by atoms with E-state index in [1.54, 1.807) is 18.6 Å². The molecule has 0 unspecified atom stereocenters. The van der Waals surface area contributed by atoms with E-state index in [-0.39, 0.29) is 0 Å². The van der Waals surface area contributed by atoms with E-state index < -0.39 is 0 Å². The van der Waals surface area contributed by atoms with Gasteiger partial charge in [0.15, 0.2) is 0 Å². The highest BCUT2D eigenvalue weighted by Crippen LogP contribution is 2.10. The Kier molecular flexibility index (Phi) is 3.14. The fourth-order valence-corrected chi connectivity index (χ4v) is 1.56. The van der Waals surface area contributed by atoms with Gasteiger partial charge in [0.05, 0.1) is 18.1 Å². The lowest BCUT2D eigenvalue weighted by Crippen LogP contribution is -2.06. The average molecular weight is 253 g/mol. The third kappa shape index (κ3) is 2.74. The van der Waals surface area contributed by atoms with Crippen LogP contribution >= 0.6 is 0 Å². The molecular formula is C13H11N5O. The minimum atomic E-state index is 0.383. The lowest BCUT2D eigenvalue weighted by atomic mass is 10.3. The van der Waals surface area contributed by atoms with Crippen molar-refractivity contribution in [2.75, 3.05) is 0 Å². The zero-order valence-electron chi connectivity index (χ0n) is 10.0. The molecule has 0 aliphatic carbocycles. The molecule has 0 aliphatic heterocycles. The van der Waals surface area contributed by atoms with Gasteiger partial charge in [-0.05, 0) is 18.2 Å². The van der Waals surface area contributed by atoms with Crippen molar-refractivity contribution in [1.82, 2.24) is 25.0 Å². The largest absolute Gasteiger partial charge is 0.487 e. The zero-order valence-corrected chi connectivity index (χ0v) is 10.0. The maximum absolute atomic E-state index is 5.63. The Hall–Kier alpha value is -2.76. The summed E-state index contributed by atoms with van der Waals surface area (Å²) in [6.07, 6.45) is 4.95. The first-order valence-corrected chi connectivity index (χ1v) is 5.78. The van der Waals surface area contributed by atoms with Crippen LogP contribution in [0.15, 0.2) is 55.0 Å². The molecule has 1 aromatic carbocycles. The third-order valence-corrected chi connectivity index (χ3v) is 2.46. The van der Waals surface area contributed by atoms with Crippen molar-refractivity contribution in [2.24, 2.45) is 0 Å². The van der Waals surface area contributed by atoms with Crippen LogP contribution in [0.25, 0.3) is 5.95 Å². The van der Waals surface area contributed by atoms with Gasteiger partial charge in [-0.2, -0.15) is 4.68 Å². The molecule has 0 aliphatic rings. The highest BCUT2D eigenvalue weighted by Gasteiger charge is 2.03. The standard InChI is InChI=1S/C13H11N5O/c1-2-4-12(5-3-1)19-10-11-6-7-14-13(16-11)18-9-8-15-17-18/h1-9H,10H2. The van der Waals surface area contributed by atoms with Crippen LogP contribution in [0, 0.1) is 0 Å². The molecule has 3 aromatic rings. The number of nitrogens with zero attached hydrogens (tertiary/aromatic N) is 5. The summed E-state index contributed by atoms with van der Waals surface area (Å²) >= 11 is 0. The van der Waals surface area contributed by atoms with Crippen LogP contribution in [0.3, 0.4) is 0 Å². The average Bonchev–Trinajstić information content (AvgIpc) is 3.01. The first-order chi connectivity index (χ1) is 9.42. The number of hydrogen-bond donors (Lipinski definition) is 0. The Morgan fingerprint density at radius 2 is 1.95 bits per heavy atom. The predicted molar refractivity (Wildman–Crippen MR) is 67.7 cm³/mol. The van der Waals surface area contributed by atoms with Gasteiger partial charge < -0.3 is 4.74 Å². The Bertz CT molecular complexity index is 639. The Morgan fingerprint density at radius 3 is 2.74 bits per heavy atom. The topological polar surface area (TPSA) is 65.7 Å². The molecule has 0 atom stereocenters. The van der Waals surface area contributed by atoms with Gasteiger partial charge in [0.25, 0.3) is 5.95 Å². The summed E-state index contributed by atoms with van der Waals surface area (Å²) in [5.74, 6) is 1.29. The van der Waals surface area contributed by atoms with Gasteiger partial charge in [-0.1, -0.05) is 23.4 Å². The van der Waals surface area contributed by atoms with Crippen LogP contribution in [0.5, 0.6) is 5.75 Å². The van der Waals surface area contributed by atoms with Crippen molar-refractivity contribution in [1.29, 1.82) is 0 Å². The van der Waals surface area contributed by atoms with E-state index in [1.807, 2.05) is 36.4 Å². The molecule has 6 nitrogen and oxygen atoms in total. The monoisotopic (exact) mass is 253 g/mol. The molecule has 0 amide bonds. The van der Waals surface area contributed by atoms with Crippen LogP contribution in [0.4, 0.5) is 0 Å². The van der Waals surface area contributed by atoms with E-state index in [9.17, 15) is 0 Å². The minimum Gasteiger partial charge on any atom is -0.487 e. The van der Waals surface area contributed by atoms with Gasteiger partial charge in [0, 0.05) is 6.20 Å². The van der Waals surface area contributed by atoms with Gasteiger partial charge in [-0.3, -0.25) is 0 Å². The number of rotatable bonds is 4. The second kappa shape index (κ2) is 5.26. The van der Waals surface area contributed by atoms with Gasteiger partial charge >= 0.3 is 0 Å². The molecule has 3 rings (SSSR count). The Morgan fingerprint density at radius 1 is 1.05 bits per heavy atom.